The second kappa shape index (κ2) is 9.46. The second-order valence-electron chi connectivity index (χ2n) is 5.36. The number of hydrogen-bond donors (Lipinski definition) is 2. The molecule has 5 heteroatoms. The minimum absolute atomic E-state index is 0. The Balaban J connectivity index is 0.00000264. The number of rotatable bonds is 0. The normalized spacial score (nSPS) is 22.0. The fourth-order valence-corrected chi connectivity index (χ4v) is 2.24. The third kappa shape index (κ3) is 6.15. The number of phenolic OH excluding ortho intramolecular Hbond substituents is 1. The van der Waals surface area contributed by atoms with E-state index in [1.165, 1.54) is 12.1 Å². The van der Waals surface area contributed by atoms with Gasteiger partial charge in [0, 0.05) is 38.9 Å². The van der Waals surface area contributed by atoms with Crippen LogP contribution in [0.2, 0.25) is 0 Å². The van der Waals surface area contributed by atoms with E-state index in [2.05, 4.69) is 12.1 Å². The summed E-state index contributed by atoms with van der Waals surface area (Å²) in [4.78, 5) is 12.3. The van der Waals surface area contributed by atoms with Gasteiger partial charge in [-0.15, -0.1) is 23.8 Å². The Labute approximate surface area is 151 Å². The fraction of sp³-hybridized carbons (Fsp3) is 0.333. The van der Waals surface area contributed by atoms with Crippen LogP contribution in [-0.4, -0.2) is 22.9 Å². The fourth-order valence-electron chi connectivity index (χ4n) is 2.24. The maximum Gasteiger partial charge on any atom is 0.250 e. The van der Waals surface area contributed by atoms with Crippen LogP contribution in [0.5, 0.6) is 5.75 Å². The quantitative estimate of drug-likeness (QED) is 0.306. The molecule has 0 radical (unpaired) electrons. The summed E-state index contributed by atoms with van der Waals surface area (Å²) >= 11 is 0. The van der Waals surface area contributed by atoms with Gasteiger partial charge in [0.05, 0.1) is 6.10 Å². The van der Waals surface area contributed by atoms with Crippen molar-refractivity contribution in [2.45, 2.75) is 38.7 Å². The molecule has 2 N–H and O–H groups in total. The Bertz CT molecular complexity index is 623. The summed E-state index contributed by atoms with van der Waals surface area (Å²) in [6, 6.07) is 5.60. The van der Waals surface area contributed by atoms with Gasteiger partial charge < -0.3 is 20.0 Å². The van der Waals surface area contributed by atoms with Gasteiger partial charge in [0.1, 0.15) is 0 Å². The average Bonchev–Trinajstić information content (AvgIpc) is 2.45. The molecule has 23 heavy (non-hydrogen) atoms. The molecule has 0 saturated heterocycles. The van der Waals surface area contributed by atoms with Gasteiger partial charge in [-0.3, -0.25) is 0 Å². The predicted octanol–water partition coefficient (Wildman–Crippen LogP) is 3.59. The Hall–Kier alpha value is -1.67. The Morgan fingerprint density at radius 1 is 1.30 bits per heavy atom. The molecule has 0 aliphatic carbocycles. The van der Waals surface area contributed by atoms with Crippen LogP contribution in [-0.2, 0) is 32.2 Å². The minimum atomic E-state index is -0.468. The van der Waals surface area contributed by atoms with Gasteiger partial charge in [-0.2, -0.15) is 0 Å². The van der Waals surface area contributed by atoms with E-state index in [1.54, 1.807) is 6.08 Å². The van der Waals surface area contributed by atoms with Crippen LogP contribution in [0.25, 0.3) is 0 Å². The van der Waals surface area contributed by atoms with E-state index in [0.717, 1.165) is 12.8 Å². The number of cyclic esters (lactones) is 1. The molecule has 0 unspecified atom stereocenters. The van der Waals surface area contributed by atoms with E-state index in [-0.39, 0.29) is 44.9 Å². The second-order valence-corrected chi connectivity index (χ2v) is 5.36. The smallest absolute Gasteiger partial charge is 0.250 e. The van der Waals surface area contributed by atoms with Crippen molar-refractivity contribution in [2.75, 3.05) is 0 Å². The first-order valence-electron chi connectivity index (χ1n) is 7.40. The van der Waals surface area contributed by atoms with Gasteiger partial charge in [-0.25, -0.2) is 0 Å². The maximum absolute atomic E-state index is 12.3. The maximum atomic E-state index is 12.3. The van der Waals surface area contributed by atoms with Gasteiger partial charge in [0.25, 0.3) is 5.97 Å². The number of fused-ring (bicyclic) bond motifs is 1. The predicted molar refractivity (Wildman–Crippen MR) is 85.4 cm³/mol. The average molecular weight is 394 g/mol. The van der Waals surface area contributed by atoms with Crippen molar-refractivity contribution in [1.82, 2.24) is 0 Å². The Morgan fingerprint density at radius 2 is 2.04 bits per heavy atom. The monoisotopic (exact) mass is 396 g/mol. The molecular weight excluding hydrogens is 374 g/mol. The summed E-state index contributed by atoms with van der Waals surface area (Å²) < 4.78 is 5.41. The first-order chi connectivity index (χ1) is 10.6. The molecule has 0 aromatic heterocycles. The van der Waals surface area contributed by atoms with Gasteiger partial charge in [-0.05, 0) is 32.3 Å². The SMILES string of the molecule is C[C@@H]1C/C=C/CC/C=C/C(=N)Cc2cc(O)c[c-]c2C(=O)O1.[Mo]. The molecule has 1 aromatic carbocycles. The number of ether oxygens (including phenoxy) is 1. The number of aromatic hydroxyl groups is 1. The van der Waals surface area contributed by atoms with Crippen LogP contribution < -0.4 is 0 Å². The van der Waals surface area contributed by atoms with Crippen LogP contribution in [0.3, 0.4) is 0 Å². The van der Waals surface area contributed by atoms with Gasteiger partial charge in [0.15, 0.2) is 0 Å². The molecule has 0 bridgehead atoms. The first kappa shape index (κ1) is 19.4. The zero-order valence-electron chi connectivity index (χ0n) is 13.0. The van der Waals surface area contributed by atoms with Crippen LogP contribution in [0.4, 0.5) is 0 Å². The van der Waals surface area contributed by atoms with E-state index in [9.17, 15) is 9.90 Å². The molecule has 2 rings (SSSR count). The van der Waals surface area contributed by atoms with E-state index in [0.29, 0.717) is 17.7 Å². The molecule has 1 heterocycles. The largest absolute Gasteiger partial charge is 0.551 e. The Morgan fingerprint density at radius 3 is 2.83 bits per heavy atom. The molecule has 122 valence electrons. The molecule has 0 amide bonds. The van der Waals surface area contributed by atoms with Crippen molar-refractivity contribution in [3.05, 3.63) is 53.6 Å². The number of allylic oxidation sites excluding steroid dienone is 3. The zero-order valence-corrected chi connectivity index (χ0v) is 15.0. The molecule has 1 aliphatic heterocycles. The molecule has 0 saturated carbocycles. The van der Waals surface area contributed by atoms with Crippen molar-refractivity contribution >= 4 is 11.7 Å². The van der Waals surface area contributed by atoms with Crippen LogP contribution >= 0.6 is 0 Å². The summed E-state index contributed by atoms with van der Waals surface area (Å²) in [5.74, 6) is -0.440. The van der Waals surface area contributed by atoms with Crippen molar-refractivity contribution in [3.8, 4) is 5.75 Å². The van der Waals surface area contributed by atoms with Crippen molar-refractivity contribution < 1.29 is 35.7 Å². The van der Waals surface area contributed by atoms with Crippen LogP contribution in [0, 0.1) is 11.5 Å². The molecular formula is C18H20MoNO3-. The number of nitrogens with one attached hydrogen (secondary N) is 1. The standard InChI is InChI=1S/C18H20NO3.Mo/c1-13-7-5-3-2-4-6-8-15(19)11-14-12-16(20)9-10-17(14)18(21)22-13;/h3,5-6,8-9,12-13,19-20H,2,4,7,11H2,1H3;/q-1;/b5-3+,8-6+,19-15?;/t13-;/m1./s1. The van der Waals surface area contributed by atoms with Crippen LogP contribution in [0.15, 0.2) is 36.4 Å². The summed E-state index contributed by atoms with van der Waals surface area (Å²) in [6.45, 7) is 1.84. The summed E-state index contributed by atoms with van der Waals surface area (Å²) in [7, 11) is 0. The molecule has 4 nitrogen and oxygen atoms in total. The number of hydrogen-bond acceptors (Lipinski definition) is 4. The molecule has 1 atom stereocenters. The van der Waals surface area contributed by atoms with E-state index in [4.69, 9.17) is 10.1 Å². The number of phenols is 1. The first-order valence-corrected chi connectivity index (χ1v) is 7.40. The van der Waals surface area contributed by atoms with Crippen molar-refractivity contribution in [3.63, 3.8) is 0 Å². The number of carbonyl (C=O) groups is 1. The van der Waals surface area contributed by atoms with E-state index >= 15 is 0 Å². The van der Waals surface area contributed by atoms with E-state index < -0.39 is 5.97 Å². The molecule has 1 aliphatic rings. The van der Waals surface area contributed by atoms with E-state index in [1.807, 2.05) is 19.1 Å². The van der Waals surface area contributed by atoms with Crippen molar-refractivity contribution in [2.24, 2.45) is 0 Å². The Kier molecular flexibility index (Phi) is 7.97. The summed E-state index contributed by atoms with van der Waals surface area (Å²) in [5.41, 5.74) is 1.21. The molecule has 0 fully saturated rings. The van der Waals surface area contributed by atoms with Crippen LogP contribution in [0.1, 0.15) is 42.1 Å². The third-order valence-electron chi connectivity index (χ3n) is 3.35. The van der Waals surface area contributed by atoms with Gasteiger partial charge in [-0.1, -0.05) is 23.8 Å². The van der Waals surface area contributed by atoms with Gasteiger partial charge in [0.2, 0.25) is 0 Å². The van der Waals surface area contributed by atoms with Crippen molar-refractivity contribution in [1.29, 1.82) is 5.41 Å². The third-order valence-corrected chi connectivity index (χ3v) is 3.35. The zero-order chi connectivity index (χ0) is 15.9. The number of carbonyl (C=O) groups excluding carboxylic acids is 1. The summed E-state index contributed by atoms with van der Waals surface area (Å²) in [6.07, 6.45) is 10.2. The van der Waals surface area contributed by atoms with Gasteiger partial charge >= 0.3 is 0 Å². The minimum Gasteiger partial charge on any atom is -0.551 e. The topological polar surface area (TPSA) is 70.4 Å². The number of benzene rings is 1. The summed E-state index contributed by atoms with van der Waals surface area (Å²) in [5, 5.41) is 17.6. The molecule has 1 aromatic rings. The molecule has 0 spiro atoms. The number of esters is 1.